The van der Waals surface area contributed by atoms with Crippen molar-refractivity contribution in [2.75, 3.05) is 5.32 Å². The van der Waals surface area contributed by atoms with E-state index in [1.54, 1.807) is 0 Å². The smallest absolute Gasteiger partial charge is 0.478 e. The Labute approximate surface area is 175 Å². The van der Waals surface area contributed by atoms with Gasteiger partial charge in [0.05, 0.1) is 5.56 Å². The zero-order valence-corrected chi connectivity index (χ0v) is 17.5. The molecule has 0 aliphatic heterocycles. The monoisotopic (exact) mass is 441 g/mol. The number of carbonyl (C=O) groups is 2. The van der Waals surface area contributed by atoms with E-state index >= 15 is 0 Å². The van der Waals surface area contributed by atoms with Crippen molar-refractivity contribution in [3.63, 3.8) is 0 Å². The van der Waals surface area contributed by atoms with Crippen LogP contribution in [-0.4, -0.2) is 23.3 Å². The van der Waals surface area contributed by atoms with Crippen LogP contribution >= 0.6 is 11.3 Å². The second kappa shape index (κ2) is 7.94. The molecule has 1 aromatic heterocycles. The third-order valence-corrected chi connectivity index (χ3v) is 6.45. The third-order valence-electron chi connectivity index (χ3n) is 5.28. The van der Waals surface area contributed by atoms with Gasteiger partial charge in [-0.3, -0.25) is 4.79 Å². The topological polar surface area (TPSA) is 75.6 Å². The number of thiophene rings is 1. The molecule has 0 bridgehead atoms. The minimum atomic E-state index is -4.82. The standard InChI is InChI=1S/C21H22F3NO4S/c1-20(2,3)12-6-9-14-15(10-12)30-18(16(14)19(27)28)25-17(26)11-4-7-13(8-5-11)29-21(22,23)24/h4-5,7-8,12H,6,9-10H2,1-3H3,(H,25,26)(H,27,28). The van der Waals surface area contributed by atoms with Crippen molar-refractivity contribution in [2.45, 2.75) is 46.4 Å². The Morgan fingerprint density at radius 1 is 1.17 bits per heavy atom. The highest BCUT2D eigenvalue weighted by Crippen LogP contribution is 2.44. The minimum Gasteiger partial charge on any atom is -0.478 e. The molecule has 0 saturated carbocycles. The van der Waals surface area contributed by atoms with Gasteiger partial charge in [0, 0.05) is 10.4 Å². The zero-order chi connectivity index (χ0) is 22.3. The lowest BCUT2D eigenvalue weighted by molar-refractivity contribution is -0.274. The number of halogens is 3. The number of hydrogen-bond donors (Lipinski definition) is 2. The number of rotatable bonds is 4. The van der Waals surface area contributed by atoms with Crippen LogP contribution in [0.25, 0.3) is 0 Å². The van der Waals surface area contributed by atoms with Crippen LogP contribution in [-0.2, 0) is 12.8 Å². The molecule has 1 atom stereocenters. The SMILES string of the molecule is CC(C)(C)C1CCc2c(sc(NC(=O)c3ccc(OC(F)(F)F)cc3)c2C(=O)O)C1. The van der Waals surface area contributed by atoms with Crippen molar-refractivity contribution in [3.05, 3.63) is 45.8 Å². The van der Waals surface area contributed by atoms with Gasteiger partial charge in [-0.1, -0.05) is 20.8 Å². The van der Waals surface area contributed by atoms with Crippen molar-refractivity contribution < 1.29 is 32.6 Å². The van der Waals surface area contributed by atoms with Gasteiger partial charge >= 0.3 is 12.3 Å². The van der Waals surface area contributed by atoms with Gasteiger partial charge in [-0.05, 0) is 60.4 Å². The van der Waals surface area contributed by atoms with Crippen molar-refractivity contribution in [1.82, 2.24) is 0 Å². The molecule has 162 valence electrons. The molecular weight excluding hydrogens is 419 g/mol. The molecule has 0 fully saturated rings. The highest BCUT2D eigenvalue weighted by molar-refractivity contribution is 7.17. The first-order valence-corrected chi connectivity index (χ1v) is 10.2. The molecule has 0 spiro atoms. The molecule has 2 aromatic rings. The van der Waals surface area contributed by atoms with Crippen molar-refractivity contribution in [2.24, 2.45) is 11.3 Å². The van der Waals surface area contributed by atoms with Crippen LogP contribution in [0.5, 0.6) is 5.75 Å². The van der Waals surface area contributed by atoms with E-state index in [1.807, 2.05) is 0 Å². The Bertz CT molecular complexity index is 958. The summed E-state index contributed by atoms with van der Waals surface area (Å²) in [5, 5.41) is 12.6. The molecular formula is C21H22F3NO4S. The Kier molecular flexibility index (Phi) is 5.86. The fraction of sp³-hybridized carbons (Fsp3) is 0.429. The average Bonchev–Trinajstić information content (AvgIpc) is 2.97. The first kappa shape index (κ1) is 22.1. The summed E-state index contributed by atoms with van der Waals surface area (Å²) in [6.07, 6.45) is -2.55. The number of carbonyl (C=O) groups excluding carboxylic acids is 1. The molecule has 1 aliphatic carbocycles. The summed E-state index contributed by atoms with van der Waals surface area (Å²) in [5.41, 5.74) is 1.05. The molecule has 0 saturated heterocycles. The van der Waals surface area contributed by atoms with E-state index in [4.69, 9.17) is 0 Å². The van der Waals surface area contributed by atoms with Crippen LogP contribution in [0.2, 0.25) is 0 Å². The van der Waals surface area contributed by atoms with E-state index < -0.39 is 24.0 Å². The summed E-state index contributed by atoms with van der Waals surface area (Å²) in [7, 11) is 0. The number of amides is 1. The maximum atomic E-state index is 12.6. The Hall–Kier alpha value is -2.55. The van der Waals surface area contributed by atoms with Gasteiger partial charge in [-0.2, -0.15) is 0 Å². The third kappa shape index (κ3) is 4.95. The normalized spacial score (nSPS) is 16.7. The fourth-order valence-corrected chi connectivity index (χ4v) is 4.94. The molecule has 0 radical (unpaired) electrons. The second-order valence-electron chi connectivity index (χ2n) is 8.35. The highest BCUT2D eigenvalue weighted by Gasteiger charge is 2.34. The molecule has 3 rings (SSSR count). The number of alkyl halides is 3. The van der Waals surface area contributed by atoms with Gasteiger partial charge in [-0.15, -0.1) is 24.5 Å². The summed E-state index contributed by atoms with van der Waals surface area (Å²) >= 11 is 1.26. The minimum absolute atomic E-state index is 0.0920. The van der Waals surface area contributed by atoms with Crippen LogP contribution in [0.15, 0.2) is 24.3 Å². The van der Waals surface area contributed by atoms with Gasteiger partial charge in [0.25, 0.3) is 5.91 Å². The van der Waals surface area contributed by atoms with Gasteiger partial charge in [0.1, 0.15) is 10.8 Å². The van der Waals surface area contributed by atoms with Gasteiger partial charge in [-0.25, -0.2) is 4.79 Å². The molecule has 9 heteroatoms. The van der Waals surface area contributed by atoms with Crippen molar-refractivity contribution in [1.29, 1.82) is 0 Å². The lowest BCUT2D eigenvalue weighted by atomic mass is 9.72. The number of nitrogens with one attached hydrogen (secondary N) is 1. The number of benzene rings is 1. The van der Waals surface area contributed by atoms with Crippen molar-refractivity contribution in [3.8, 4) is 5.75 Å². The molecule has 1 heterocycles. The molecule has 2 N–H and O–H groups in total. The number of carboxylic acids is 1. The van der Waals surface area contributed by atoms with Crippen LogP contribution < -0.4 is 10.1 Å². The first-order valence-electron chi connectivity index (χ1n) is 9.40. The van der Waals surface area contributed by atoms with Gasteiger partial charge < -0.3 is 15.2 Å². The Morgan fingerprint density at radius 3 is 2.33 bits per heavy atom. The Morgan fingerprint density at radius 2 is 1.80 bits per heavy atom. The van der Waals surface area contributed by atoms with E-state index in [9.17, 15) is 27.9 Å². The summed E-state index contributed by atoms with van der Waals surface area (Å²) in [4.78, 5) is 25.4. The molecule has 1 aromatic carbocycles. The van der Waals surface area contributed by atoms with E-state index in [2.05, 4.69) is 30.8 Å². The van der Waals surface area contributed by atoms with Crippen LogP contribution in [0.1, 0.15) is 58.3 Å². The fourth-order valence-electron chi connectivity index (χ4n) is 3.62. The number of fused-ring (bicyclic) bond motifs is 1. The zero-order valence-electron chi connectivity index (χ0n) is 16.7. The van der Waals surface area contributed by atoms with E-state index in [0.29, 0.717) is 12.3 Å². The highest BCUT2D eigenvalue weighted by atomic mass is 32.1. The molecule has 5 nitrogen and oxygen atoms in total. The lowest BCUT2D eigenvalue weighted by Crippen LogP contribution is -2.26. The average molecular weight is 441 g/mol. The Balaban J connectivity index is 1.82. The number of anilines is 1. The van der Waals surface area contributed by atoms with Crippen LogP contribution in [0, 0.1) is 11.3 Å². The summed E-state index contributed by atoms with van der Waals surface area (Å²) in [6.45, 7) is 6.47. The maximum absolute atomic E-state index is 12.6. The van der Waals surface area contributed by atoms with Gasteiger partial charge in [0.15, 0.2) is 0 Å². The summed E-state index contributed by atoms with van der Waals surface area (Å²) in [6, 6.07) is 4.46. The predicted molar refractivity (Wildman–Crippen MR) is 107 cm³/mol. The van der Waals surface area contributed by atoms with E-state index in [-0.39, 0.29) is 21.5 Å². The van der Waals surface area contributed by atoms with Gasteiger partial charge in [0.2, 0.25) is 0 Å². The molecule has 1 aliphatic rings. The quantitative estimate of drug-likeness (QED) is 0.634. The summed E-state index contributed by atoms with van der Waals surface area (Å²) in [5.74, 6) is -1.73. The number of carboxylic acid groups (broad SMARTS) is 1. The van der Waals surface area contributed by atoms with Crippen LogP contribution in [0.3, 0.4) is 0 Å². The molecule has 30 heavy (non-hydrogen) atoms. The van der Waals surface area contributed by atoms with Crippen LogP contribution in [0.4, 0.5) is 18.2 Å². The second-order valence-corrected chi connectivity index (χ2v) is 9.45. The number of aromatic carboxylic acids is 1. The largest absolute Gasteiger partial charge is 0.573 e. The van der Waals surface area contributed by atoms with E-state index in [1.165, 1.54) is 23.5 Å². The lowest BCUT2D eigenvalue weighted by Gasteiger charge is -2.33. The summed E-state index contributed by atoms with van der Waals surface area (Å²) < 4.78 is 40.6. The predicted octanol–water partition coefficient (Wildman–Crippen LogP) is 5.75. The molecule has 1 unspecified atom stereocenters. The number of ether oxygens (including phenoxy) is 1. The van der Waals surface area contributed by atoms with Crippen molar-refractivity contribution >= 4 is 28.2 Å². The first-order chi connectivity index (χ1) is 13.8. The maximum Gasteiger partial charge on any atom is 0.573 e. The van der Waals surface area contributed by atoms with E-state index in [0.717, 1.165) is 35.4 Å². The number of hydrogen-bond acceptors (Lipinski definition) is 4. The molecule has 1 amide bonds.